The summed E-state index contributed by atoms with van der Waals surface area (Å²) in [5.74, 6) is -0.353. The van der Waals surface area contributed by atoms with Gasteiger partial charge < -0.3 is 10.5 Å². The van der Waals surface area contributed by atoms with Crippen molar-refractivity contribution in [2.75, 3.05) is 0 Å². The van der Waals surface area contributed by atoms with Crippen LogP contribution in [0.25, 0.3) is 0 Å². The predicted octanol–water partition coefficient (Wildman–Crippen LogP) is 1.63. The lowest BCUT2D eigenvalue weighted by molar-refractivity contribution is -0.385. The van der Waals surface area contributed by atoms with E-state index in [-0.39, 0.29) is 11.4 Å². The summed E-state index contributed by atoms with van der Waals surface area (Å²) >= 11 is 0. The normalized spacial score (nSPS) is 13.8. The maximum absolute atomic E-state index is 11.2. The molecule has 0 saturated carbocycles. The Kier molecular flexibility index (Phi) is 3.67. The SMILES string of the molecule is CCC(C)(Oc1cccc([N+](=O)[O-])c1)C(N)=O. The zero-order valence-corrected chi connectivity index (χ0v) is 9.67. The zero-order valence-electron chi connectivity index (χ0n) is 9.67. The van der Waals surface area contributed by atoms with Crippen molar-refractivity contribution in [3.63, 3.8) is 0 Å². The number of carbonyl (C=O) groups excluding carboxylic acids is 1. The van der Waals surface area contributed by atoms with E-state index in [0.29, 0.717) is 6.42 Å². The second-order valence-electron chi connectivity index (χ2n) is 3.81. The van der Waals surface area contributed by atoms with Gasteiger partial charge in [0.2, 0.25) is 0 Å². The van der Waals surface area contributed by atoms with Gasteiger partial charge in [0.15, 0.2) is 5.60 Å². The van der Waals surface area contributed by atoms with Gasteiger partial charge in [-0.05, 0) is 19.4 Å². The number of nitro benzene ring substituents is 1. The molecule has 2 N–H and O–H groups in total. The number of hydrogen-bond acceptors (Lipinski definition) is 4. The van der Waals surface area contributed by atoms with E-state index in [0.717, 1.165) is 0 Å². The van der Waals surface area contributed by atoms with Gasteiger partial charge >= 0.3 is 0 Å². The molecule has 0 heterocycles. The number of nitro groups is 1. The minimum atomic E-state index is -1.16. The molecule has 1 atom stereocenters. The number of amides is 1. The van der Waals surface area contributed by atoms with Gasteiger partial charge in [0.25, 0.3) is 11.6 Å². The monoisotopic (exact) mass is 238 g/mol. The molecule has 92 valence electrons. The van der Waals surface area contributed by atoms with Crippen LogP contribution in [0, 0.1) is 10.1 Å². The van der Waals surface area contributed by atoms with E-state index < -0.39 is 16.4 Å². The van der Waals surface area contributed by atoms with Gasteiger partial charge in [-0.1, -0.05) is 13.0 Å². The number of hydrogen-bond donors (Lipinski definition) is 1. The van der Waals surface area contributed by atoms with Gasteiger partial charge in [-0.15, -0.1) is 0 Å². The van der Waals surface area contributed by atoms with E-state index in [1.54, 1.807) is 19.9 Å². The van der Waals surface area contributed by atoms with Crippen molar-refractivity contribution in [1.82, 2.24) is 0 Å². The fourth-order valence-corrected chi connectivity index (χ4v) is 1.22. The topological polar surface area (TPSA) is 95.5 Å². The van der Waals surface area contributed by atoms with Crippen molar-refractivity contribution in [3.05, 3.63) is 34.4 Å². The molecule has 1 rings (SSSR count). The van der Waals surface area contributed by atoms with Crippen LogP contribution in [0.3, 0.4) is 0 Å². The van der Waals surface area contributed by atoms with E-state index in [1.165, 1.54) is 18.2 Å². The average molecular weight is 238 g/mol. The minimum Gasteiger partial charge on any atom is -0.478 e. The number of benzene rings is 1. The second-order valence-corrected chi connectivity index (χ2v) is 3.81. The molecule has 17 heavy (non-hydrogen) atoms. The molecule has 1 amide bonds. The Labute approximate surface area is 98.5 Å². The maximum atomic E-state index is 11.2. The molecule has 0 fully saturated rings. The van der Waals surface area contributed by atoms with E-state index in [9.17, 15) is 14.9 Å². The quantitative estimate of drug-likeness (QED) is 0.622. The summed E-state index contributed by atoms with van der Waals surface area (Å²) in [6.45, 7) is 3.30. The summed E-state index contributed by atoms with van der Waals surface area (Å²) in [6, 6.07) is 5.64. The van der Waals surface area contributed by atoms with Crippen molar-refractivity contribution in [3.8, 4) is 5.75 Å². The molecular weight excluding hydrogens is 224 g/mol. The van der Waals surface area contributed by atoms with Crippen molar-refractivity contribution >= 4 is 11.6 Å². The lowest BCUT2D eigenvalue weighted by atomic mass is 10.0. The van der Waals surface area contributed by atoms with E-state index in [2.05, 4.69) is 0 Å². The zero-order chi connectivity index (χ0) is 13.1. The number of carbonyl (C=O) groups is 1. The lowest BCUT2D eigenvalue weighted by Crippen LogP contribution is -2.45. The standard InChI is InChI=1S/C11H14N2O4/c1-3-11(2,10(12)14)17-9-6-4-5-8(7-9)13(15)16/h4-7H,3H2,1-2H3,(H2,12,14). The molecule has 0 aromatic heterocycles. The summed E-state index contributed by atoms with van der Waals surface area (Å²) in [4.78, 5) is 21.3. The molecule has 1 aromatic rings. The van der Waals surface area contributed by atoms with Gasteiger partial charge in [-0.3, -0.25) is 14.9 Å². The van der Waals surface area contributed by atoms with Crippen LogP contribution in [0.1, 0.15) is 20.3 Å². The van der Waals surface area contributed by atoms with Gasteiger partial charge in [0, 0.05) is 6.07 Å². The first-order valence-electron chi connectivity index (χ1n) is 5.12. The van der Waals surface area contributed by atoms with Crippen molar-refractivity contribution in [2.24, 2.45) is 5.73 Å². The molecular formula is C11H14N2O4. The van der Waals surface area contributed by atoms with Crippen LogP contribution in [-0.4, -0.2) is 16.4 Å². The summed E-state index contributed by atoms with van der Waals surface area (Å²) in [7, 11) is 0. The van der Waals surface area contributed by atoms with Crippen LogP contribution in [0.15, 0.2) is 24.3 Å². The molecule has 6 heteroatoms. The van der Waals surface area contributed by atoms with Gasteiger partial charge in [-0.2, -0.15) is 0 Å². The van der Waals surface area contributed by atoms with Gasteiger partial charge in [0.05, 0.1) is 11.0 Å². The number of rotatable bonds is 5. The second kappa shape index (κ2) is 4.82. The highest BCUT2D eigenvalue weighted by Gasteiger charge is 2.31. The smallest absolute Gasteiger partial charge is 0.273 e. The summed E-state index contributed by atoms with van der Waals surface area (Å²) in [6.07, 6.45) is 0.380. The Morgan fingerprint density at radius 2 is 2.24 bits per heavy atom. The Balaban J connectivity index is 2.98. The number of non-ortho nitro benzene ring substituents is 1. The molecule has 1 aromatic carbocycles. The molecule has 6 nitrogen and oxygen atoms in total. The van der Waals surface area contributed by atoms with E-state index >= 15 is 0 Å². The van der Waals surface area contributed by atoms with E-state index in [1.807, 2.05) is 0 Å². The third-order valence-electron chi connectivity index (χ3n) is 2.57. The first-order chi connectivity index (χ1) is 7.89. The van der Waals surface area contributed by atoms with Crippen LogP contribution < -0.4 is 10.5 Å². The van der Waals surface area contributed by atoms with Crippen molar-refractivity contribution in [1.29, 1.82) is 0 Å². The Hall–Kier alpha value is -2.11. The van der Waals surface area contributed by atoms with Crippen LogP contribution in [-0.2, 0) is 4.79 Å². The molecule has 1 unspecified atom stereocenters. The summed E-state index contributed by atoms with van der Waals surface area (Å²) in [5, 5.41) is 10.6. The Bertz CT molecular complexity index is 447. The van der Waals surface area contributed by atoms with Crippen LogP contribution in [0.5, 0.6) is 5.75 Å². The largest absolute Gasteiger partial charge is 0.478 e. The van der Waals surface area contributed by atoms with Crippen LogP contribution in [0.2, 0.25) is 0 Å². The fourth-order valence-electron chi connectivity index (χ4n) is 1.22. The molecule has 0 aliphatic carbocycles. The molecule has 0 spiro atoms. The van der Waals surface area contributed by atoms with Crippen molar-refractivity contribution < 1.29 is 14.5 Å². The van der Waals surface area contributed by atoms with E-state index in [4.69, 9.17) is 10.5 Å². The number of nitrogens with zero attached hydrogens (tertiary/aromatic N) is 1. The molecule has 0 radical (unpaired) electrons. The summed E-state index contributed by atoms with van der Waals surface area (Å²) in [5.41, 5.74) is 3.98. The fraction of sp³-hybridized carbons (Fsp3) is 0.364. The number of ether oxygens (including phenoxy) is 1. The average Bonchev–Trinajstić information content (AvgIpc) is 2.29. The highest BCUT2D eigenvalue weighted by molar-refractivity contribution is 5.83. The van der Waals surface area contributed by atoms with Gasteiger partial charge in [0.1, 0.15) is 5.75 Å². The number of nitrogens with two attached hydrogens (primary N) is 1. The summed E-state index contributed by atoms with van der Waals surface area (Å²) < 4.78 is 5.42. The predicted molar refractivity (Wildman–Crippen MR) is 61.6 cm³/mol. The lowest BCUT2D eigenvalue weighted by Gasteiger charge is -2.25. The van der Waals surface area contributed by atoms with Crippen LogP contribution in [0.4, 0.5) is 5.69 Å². The van der Waals surface area contributed by atoms with Crippen molar-refractivity contribution in [2.45, 2.75) is 25.9 Å². The minimum absolute atomic E-state index is 0.0922. The maximum Gasteiger partial charge on any atom is 0.273 e. The molecule has 0 aliphatic rings. The Morgan fingerprint density at radius 3 is 2.71 bits per heavy atom. The third kappa shape index (κ3) is 2.93. The third-order valence-corrected chi connectivity index (χ3v) is 2.57. The number of primary amides is 1. The molecule has 0 saturated heterocycles. The highest BCUT2D eigenvalue weighted by atomic mass is 16.6. The first-order valence-corrected chi connectivity index (χ1v) is 5.12. The Morgan fingerprint density at radius 1 is 1.59 bits per heavy atom. The van der Waals surface area contributed by atoms with Crippen LogP contribution >= 0.6 is 0 Å². The van der Waals surface area contributed by atoms with Gasteiger partial charge in [-0.25, -0.2) is 0 Å². The molecule has 0 bridgehead atoms. The highest BCUT2D eigenvalue weighted by Crippen LogP contribution is 2.24. The molecule has 0 aliphatic heterocycles. The first kappa shape index (κ1) is 13.0.